The number of carboxylic acid groups (broad SMARTS) is 1. The Morgan fingerprint density at radius 1 is 0.793 bits per heavy atom. The molecule has 0 bridgehead atoms. The van der Waals surface area contributed by atoms with Gasteiger partial charge in [0.15, 0.2) is 11.5 Å². The number of methoxy groups -OCH3 is 1. The lowest BCUT2D eigenvalue weighted by molar-refractivity contribution is -0.136. The number of aromatic nitrogens is 4. The van der Waals surface area contributed by atoms with Gasteiger partial charge in [-0.25, -0.2) is 19.6 Å². The van der Waals surface area contributed by atoms with Crippen LogP contribution < -0.4 is 20.3 Å². The summed E-state index contributed by atoms with van der Waals surface area (Å²) in [6.07, 6.45) is 6.71. The zero-order valence-electron chi connectivity index (χ0n) is 33.5. The van der Waals surface area contributed by atoms with Crippen LogP contribution in [-0.2, 0) is 20.7 Å². The van der Waals surface area contributed by atoms with Gasteiger partial charge in [-0.05, 0) is 80.2 Å². The number of imidazole rings is 2. The highest BCUT2D eigenvalue weighted by Crippen LogP contribution is 2.52. The molecule has 6 heterocycles. The second-order valence-corrected chi connectivity index (χ2v) is 16.3. The SMILES string of the molecule is COC(=O)N[C@H](C(=O)N1CCC[C@H]1c1ncc(-c2cc3c4c(c2)Oc2cc(-c5cnc([C@@H]6CCCN6C(=O)[C@@H](NC(=O)O)C(C)C)[nH]5)ccc2N4CCC3)[nH]1)C(C)C. The standard InChI is InChI=1S/C42H51N9O7/c1-22(2)34(47-41(54)55)39(52)50-15-7-10-30(50)37-43-20-27(45-37)24-12-13-29-32(18-24)58-33-19-26(17-25-9-6-14-49(29)36(25)33)28-21-44-38(46-28)31-11-8-16-51(31)40(53)35(23(3)4)48-42(56)57-5/h12-13,17-23,30-31,34-35,47H,6-11,14-16H2,1-5H3,(H,43,45)(H,44,46)(H,48,56)(H,54,55)/t30-,31-,34-,35-/m0/s1. The summed E-state index contributed by atoms with van der Waals surface area (Å²) in [4.78, 5) is 73.1. The van der Waals surface area contributed by atoms with Crippen LogP contribution in [0.3, 0.4) is 0 Å². The summed E-state index contributed by atoms with van der Waals surface area (Å²) in [6.45, 7) is 9.42. The van der Waals surface area contributed by atoms with E-state index in [1.165, 1.54) is 12.7 Å². The Kier molecular flexibility index (Phi) is 10.5. The van der Waals surface area contributed by atoms with Gasteiger partial charge in [-0.15, -0.1) is 0 Å². The van der Waals surface area contributed by atoms with Crippen molar-refractivity contribution in [2.75, 3.05) is 31.6 Å². The van der Waals surface area contributed by atoms with Crippen molar-refractivity contribution < 1.29 is 33.8 Å². The fourth-order valence-electron chi connectivity index (χ4n) is 8.92. The molecule has 4 aromatic rings. The van der Waals surface area contributed by atoms with E-state index >= 15 is 0 Å². The number of H-pyrrole nitrogens is 2. The maximum Gasteiger partial charge on any atom is 0.407 e. The number of alkyl carbamates (subject to hydrolysis) is 1. The summed E-state index contributed by atoms with van der Waals surface area (Å²) in [6, 6.07) is 8.29. The summed E-state index contributed by atoms with van der Waals surface area (Å²) < 4.78 is 11.5. The van der Waals surface area contributed by atoms with Crippen molar-refractivity contribution in [1.82, 2.24) is 40.4 Å². The number of amides is 4. The molecule has 0 aliphatic carbocycles. The highest BCUT2D eigenvalue weighted by molar-refractivity contribution is 5.88. The third kappa shape index (κ3) is 7.19. The zero-order chi connectivity index (χ0) is 40.8. The Labute approximate surface area is 336 Å². The van der Waals surface area contributed by atoms with Gasteiger partial charge in [0, 0.05) is 30.8 Å². The first-order valence-corrected chi connectivity index (χ1v) is 20.2. The fourth-order valence-corrected chi connectivity index (χ4v) is 8.92. The summed E-state index contributed by atoms with van der Waals surface area (Å²) in [5.74, 6) is 2.10. The van der Waals surface area contributed by atoms with Crippen LogP contribution in [0, 0.1) is 11.8 Å². The lowest BCUT2D eigenvalue weighted by atomic mass is 9.95. The normalized spacial score (nSPS) is 19.4. The van der Waals surface area contributed by atoms with Crippen molar-refractivity contribution >= 4 is 35.4 Å². The molecule has 5 N–H and O–H groups in total. The minimum absolute atomic E-state index is 0.126. The molecule has 0 radical (unpaired) electrons. The Bertz CT molecular complexity index is 2230. The molecular weight excluding hydrogens is 743 g/mol. The number of carbonyl (C=O) groups excluding carboxylic acids is 3. The van der Waals surface area contributed by atoms with E-state index in [0.717, 1.165) is 84.7 Å². The number of likely N-dealkylation sites (tertiary alicyclic amines) is 2. The average molecular weight is 794 g/mol. The molecule has 4 aliphatic heterocycles. The molecule has 306 valence electrons. The number of aromatic amines is 2. The molecule has 0 saturated carbocycles. The number of benzene rings is 2. The molecule has 4 aliphatic rings. The number of anilines is 2. The number of carbonyl (C=O) groups is 4. The number of hydrogen-bond acceptors (Lipinski definition) is 9. The predicted octanol–water partition coefficient (Wildman–Crippen LogP) is 6.66. The molecule has 58 heavy (non-hydrogen) atoms. The maximum absolute atomic E-state index is 13.7. The topological polar surface area (TPSA) is 198 Å². The lowest BCUT2D eigenvalue weighted by Crippen LogP contribution is -2.51. The van der Waals surface area contributed by atoms with Crippen LogP contribution in [0.25, 0.3) is 22.5 Å². The average Bonchev–Trinajstić information content (AvgIpc) is 4.05. The quantitative estimate of drug-likeness (QED) is 0.116. The van der Waals surface area contributed by atoms with Crippen LogP contribution in [-0.4, -0.2) is 97.7 Å². The van der Waals surface area contributed by atoms with Crippen molar-refractivity contribution in [3.63, 3.8) is 0 Å². The Morgan fingerprint density at radius 3 is 1.97 bits per heavy atom. The summed E-state index contributed by atoms with van der Waals surface area (Å²) in [7, 11) is 1.29. The van der Waals surface area contributed by atoms with E-state index < -0.39 is 24.3 Å². The minimum atomic E-state index is -1.22. The van der Waals surface area contributed by atoms with E-state index in [1.807, 2.05) is 57.0 Å². The molecule has 2 fully saturated rings. The predicted molar refractivity (Wildman–Crippen MR) is 215 cm³/mol. The Morgan fingerprint density at radius 2 is 1.38 bits per heavy atom. The van der Waals surface area contributed by atoms with Gasteiger partial charge < -0.3 is 49.9 Å². The van der Waals surface area contributed by atoms with Crippen molar-refractivity contribution in [3.05, 3.63) is 59.9 Å². The van der Waals surface area contributed by atoms with Gasteiger partial charge in [0.25, 0.3) is 0 Å². The number of aryl methyl sites for hydroxylation is 1. The van der Waals surface area contributed by atoms with Crippen LogP contribution in [0.4, 0.5) is 21.0 Å². The Hall–Kier alpha value is -6.06. The number of nitrogens with one attached hydrogen (secondary N) is 4. The number of rotatable bonds is 10. The molecule has 2 saturated heterocycles. The van der Waals surface area contributed by atoms with Crippen LogP contribution in [0.1, 0.15) is 89.1 Å². The highest BCUT2D eigenvalue weighted by Gasteiger charge is 2.39. The van der Waals surface area contributed by atoms with E-state index in [2.05, 4.69) is 37.6 Å². The number of hydrogen-bond donors (Lipinski definition) is 5. The van der Waals surface area contributed by atoms with E-state index in [4.69, 9.17) is 19.4 Å². The van der Waals surface area contributed by atoms with Crippen molar-refractivity contribution in [3.8, 4) is 34.0 Å². The van der Waals surface area contributed by atoms with Crippen molar-refractivity contribution in [2.24, 2.45) is 11.8 Å². The zero-order valence-corrected chi connectivity index (χ0v) is 33.5. The second-order valence-electron chi connectivity index (χ2n) is 16.3. The number of fused-ring (bicyclic) bond motifs is 2. The van der Waals surface area contributed by atoms with E-state index in [1.54, 1.807) is 11.1 Å². The van der Waals surface area contributed by atoms with Gasteiger partial charge in [-0.2, -0.15) is 0 Å². The molecule has 4 atom stereocenters. The molecular formula is C42H51N9O7. The molecule has 2 aromatic carbocycles. The number of nitrogens with zero attached hydrogens (tertiary/aromatic N) is 5. The second kappa shape index (κ2) is 15.7. The maximum atomic E-state index is 13.7. The molecule has 8 rings (SSSR count). The monoisotopic (exact) mass is 793 g/mol. The van der Waals surface area contributed by atoms with Gasteiger partial charge in [0.2, 0.25) is 11.8 Å². The molecule has 16 nitrogen and oxygen atoms in total. The first kappa shape index (κ1) is 38.8. The van der Waals surface area contributed by atoms with E-state index in [-0.39, 0.29) is 35.7 Å². The Balaban J connectivity index is 1.03. The van der Waals surface area contributed by atoms with Crippen molar-refractivity contribution in [1.29, 1.82) is 0 Å². The van der Waals surface area contributed by atoms with Crippen LogP contribution in [0.2, 0.25) is 0 Å². The molecule has 4 amide bonds. The third-order valence-corrected chi connectivity index (χ3v) is 11.8. The van der Waals surface area contributed by atoms with Crippen LogP contribution >= 0.6 is 0 Å². The van der Waals surface area contributed by atoms with Crippen molar-refractivity contribution in [2.45, 2.75) is 90.4 Å². The molecule has 0 spiro atoms. The smallest absolute Gasteiger partial charge is 0.407 e. The van der Waals surface area contributed by atoms with Gasteiger partial charge >= 0.3 is 12.2 Å². The highest BCUT2D eigenvalue weighted by atomic mass is 16.5. The first-order valence-electron chi connectivity index (χ1n) is 20.2. The number of ether oxygens (including phenoxy) is 2. The largest absolute Gasteiger partial charge is 0.465 e. The summed E-state index contributed by atoms with van der Waals surface area (Å²) >= 11 is 0. The molecule has 2 aromatic heterocycles. The van der Waals surface area contributed by atoms with Crippen LogP contribution in [0.15, 0.2) is 42.7 Å². The van der Waals surface area contributed by atoms with E-state index in [9.17, 15) is 24.3 Å². The van der Waals surface area contributed by atoms with Gasteiger partial charge in [0.1, 0.15) is 23.7 Å². The van der Waals surface area contributed by atoms with Gasteiger partial charge in [0.05, 0.1) is 54.3 Å². The summed E-state index contributed by atoms with van der Waals surface area (Å²) in [5.41, 5.74) is 6.66. The fraction of sp³-hybridized carbons (Fsp3) is 0.476. The minimum Gasteiger partial charge on any atom is -0.465 e. The van der Waals surface area contributed by atoms with Crippen LogP contribution in [0.5, 0.6) is 11.5 Å². The molecule has 16 heteroatoms. The van der Waals surface area contributed by atoms with Gasteiger partial charge in [-0.1, -0.05) is 33.8 Å². The summed E-state index contributed by atoms with van der Waals surface area (Å²) in [5, 5.41) is 14.5. The lowest BCUT2D eigenvalue weighted by Gasteiger charge is -2.37. The van der Waals surface area contributed by atoms with Gasteiger partial charge in [-0.3, -0.25) is 9.59 Å². The first-order chi connectivity index (χ1) is 27.9. The van der Waals surface area contributed by atoms with E-state index in [0.29, 0.717) is 30.5 Å². The third-order valence-electron chi connectivity index (χ3n) is 11.8. The molecule has 0 unspecified atom stereocenters.